The number of aryl methyl sites for hydroxylation is 1. The van der Waals surface area contributed by atoms with E-state index in [0.29, 0.717) is 29.8 Å². The van der Waals surface area contributed by atoms with E-state index in [1.54, 1.807) is 26.2 Å². The van der Waals surface area contributed by atoms with Crippen LogP contribution in [0.5, 0.6) is 0 Å². The predicted molar refractivity (Wildman–Crippen MR) is 132 cm³/mol. The molecule has 2 aromatic heterocycles. The molecule has 1 amide bonds. The summed E-state index contributed by atoms with van der Waals surface area (Å²) in [4.78, 5) is 36.4. The SMILES string of the molecule is CCOC(=O)Nc1ccc2c(COC(=O)/C(C#N)=C/c3cc(C)n(CCOC)c3C)cc(=O)oc2c1. The summed E-state index contributed by atoms with van der Waals surface area (Å²) in [5.74, 6) is -0.818. The highest BCUT2D eigenvalue weighted by atomic mass is 16.5. The summed E-state index contributed by atoms with van der Waals surface area (Å²) in [5, 5.41) is 12.6. The number of hydrogen-bond donors (Lipinski definition) is 1. The molecular weight excluding hydrogens is 466 g/mol. The molecule has 2 heterocycles. The average molecular weight is 494 g/mol. The number of rotatable bonds is 9. The fraction of sp³-hybridized carbons (Fsp3) is 0.308. The van der Waals surface area contributed by atoms with Crippen molar-refractivity contribution in [2.24, 2.45) is 0 Å². The first-order valence-electron chi connectivity index (χ1n) is 11.2. The second-order valence-corrected chi connectivity index (χ2v) is 7.86. The molecule has 0 radical (unpaired) electrons. The van der Waals surface area contributed by atoms with Crippen molar-refractivity contribution in [3.8, 4) is 6.07 Å². The molecule has 36 heavy (non-hydrogen) atoms. The molecule has 10 nitrogen and oxygen atoms in total. The van der Waals surface area contributed by atoms with Crippen LogP contribution in [0.3, 0.4) is 0 Å². The Morgan fingerprint density at radius 1 is 1.19 bits per heavy atom. The standard InChI is InChI=1S/C26H27N3O7/c1-5-34-26(32)28-21-6-7-22-20(12-24(30)36-23(22)13-21)15-35-25(31)19(14-27)11-18-10-16(2)29(17(18)3)8-9-33-4/h6-7,10-13H,5,8-9,15H2,1-4H3,(H,28,32)/b19-11+. The maximum absolute atomic E-state index is 12.7. The number of benzene rings is 1. The van der Waals surface area contributed by atoms with Crippen LogP contribution in [0.2, 0.25) is 0 Å². The van der Waals surface area contributed by atoms with Crippen LogP contribution in [0.15, 0.2) is 45.1 Å². The van der Waals surface area contributed by atoms with E-state index in [1.165, 1.54) is 18.2 Å². The number of nitrogens with one attached hydrogen (secondary N) is 1. The number of amides is 1. The molecule has 1 aromatic carbocycles. The Labute approximate surface area is 207 Å². The first-order valence-corrected chi connectivity index (χ1v) is 11.2. The number of nitriles is 1. The molecule has 0 unspecified atom stereocenters. The third-order valence-electron chi connectivity index (χ3n) is 5.48. The van der Waals surface area contributed by atoms with Gasteiger partial charge in [0.25, 0.3) is 0 Å². The summed E-state index contributed by atoms with van der Waals surface area (Å²) in [6.45, 7) is 6.65. The van der Waals surface area contributed by atoms with Gasteiger partial charge in [0, 0.05) is 53.8 Å². The van der Waals surface area contributed by atoms with E-state index < -0.39 is 17.7 Å². The molecule has 0 bridgehead atoms. The van der Waals surface area contributed by atoms with E-state index in [-0.39, 0.29) is 24.4 Å². The molecule has 0 saturated carbocycles. The molecule has 3 aromatic rings. The van der Waals surface area contributed by atoms with Crippen LogP contribution in [0.1, 0.15) is 29.4 Å². The summed E-state index contributed by atoms with van der Waals surface area (Å²) < 4.78 is 22.6. The molecule has 3 rings (SSSR count). The zero-order valence-electron chi connectivity index (χ0n) is 20.5. The van der Waals surface area contributed by atoms with Gasteiger partial charge >= 0.3 is 17.7 Å². The number of methoxy groups -OCH3 is 1. The minimum Gasteiger partial charge on any atom is -0.457 e. The maximum atomic E-state index is 12.7. The van der Waals surface area contributed by atoms with Gasteiger partial charge in [-0.15, -0.1) is 0 Å². The highest BCUT2D eigenvalue weighted by Crippen LogP contribution is 2.23. The lowest BCUT2D eigenvalue weighted by molar-refractivity contribution is -0.139. The highest BCUT2D eigenvalue weighted by Gasteiger charge is 2.16. The number of ether oxygens (including phenoxy) is 3. The quantitative estimate of drug-likeness (QED) is 0.204. The van der Waals surface area contributed by atoms with Crippen LogP contribution in [0.4, 0.5) is 10.5 Å². The Bertz CT molecular complexity index is 1410. The third kappa shape index (κ3) is 6.20. The van der Waals surface area contributed by atoms with Crippen molar-refractivity contribution in [2.45, 2.75) is 33.9 Å². The number of carbonyl (C=O) groups excluding carboxylic acids is 2. The van der Waals surface area contributed by atoms with Gasteiger partial charge in [-0.25, -0.2) is 14.4 Å². The van der Waals surface area contributed by atoms with Crippen LogP contribution in [-0.4, -0.2) is 37.0 Å². The summed E-state index contributed by atoms with van der Waals surface area (Å²) in [7, 11) is 1.62. The Morgan fingerprint density at radius 3 is 2.67 bits per heavy atom. The Balaban J connectivity index is 1.80. The predicted octanol–water partition coefficient (Wildman–Crippen LogP) is 4.08. The normalized spacial score (nSPS) is 11.2. The van der Waals surface area contributed by atoms with Gasteiger partial charge in [0.2, 0.25) is 0 Å². The van der Waals surface area contributed by atoms with Gasteiger partial charge in [-0.05, 0) is 50.6 Å². The topological polar surface area (TPSA) is 133 Å². The van der Waals surface area contributed by atoms with Gasteiger partial charge in [-0.1, -0.05) is 0 Å². The number of carbonyl (C=O) groups is 2. The lowest BCUT2D eigenvalue weighted by atomic mass is 10.1. The molecule has 0 aliphatic rings. The molecule has 0 atom stereocenters. The van der Waals surface area contributed by atoms with Crippen LogP contribution in [0, 0.1) is 25.2 Å². The minimum atomic E-state index is -0.818. The summed E-state index contributed by atoms with van der Waals surface area (Å²) in [6, 6.07) is 9.69. The molecule has 1 N–H and O–H groups in total. The van der Waals surface area contributed by atoms with E-state index in [4.69, 9.17) is 18.6 Å². The van der Waals surface area contributed by atoms with Crippen molar-refractivity contribution in [3.63, 3.8) is 0 Å². The van der Waals surface area contributed by atoms with Crippen LogP contribution >= 0.6 is 0 Å². The zero-order valence-corrected chi connectivity index (χ0v) is 20.5. The number of aromatic nitrogens is 1. The molecule has 0 aliphatic carbocycles. The van der Waals surface area contributed by atoms with Crippen molar-refractivity contribution in [2.75, 3.05) is 25.6 Å². The molecule has 0 aliphatic heterocycles. The highest BCUT2D eigenvalue weighted by molar-refractivity contribution is 5.98. The van der Waals surface area contributed by atoms with Crippen LogP contribution in [-0.2, 0) is 32.2 Å². The van der Waals surface area contributed by atoms with E-state index in [2.05, 4.69) is 5.32 Å². The van der Waals surface area contributed by atoms with Crippen molar-refractivity contribution in [1.82, 2.24) is 4.57 Å². The Morgan fingerprint density at radius 2 is 1.97 bits per heavy atom. The summed E-state index contributed by atoms with van der Waals surface area (Å²) >= 11 is 0. The number of nitrogens with zero attached hydrogens (tertiary/aromatic N) is 2. The van der Waals surface area contributed by atoms with Crippen molar-refractivity contribution < 1.29 is 28.2 Å². The first-order chi connectivity index (χ1) is 17.3. The first kappa shape index (κ1) is 26.2. The van der Waals surface area contributed by atoms with Gasteiger partial charge in [-0.3, -0.25) is 5.32 Å². The van der Waals surface area contributed by atoms with Crippen LogP contribution in [0.25, 0.3) is 17.0 Å². The number of anilines is 1. The van der Waals surface area contributed by atoms with Crippen molar-refractivity contribution in [3.05, 3.63) is 68.8 Å². The van der Waals surface area contributed by atoms with Crippen molar-refractivity contribution in [1.29, 1.82) is 5.26 Å². The molecule has 0 fully saturated rings. The number of fused-ring (bicyclic) bond motifs is 1. The van der Waals surface area contributed by atoms with Gasteiger partial charge in [0.15, 0.2) is 0 Å². The molecule has 0 saturated heterocycles. The lowest BCUT2D eigenvalue weighted by Crippen LogP contribution is -2.13. The minimum absolute atomic E-state index is 0.171. The Kier molecular flexibility index (Phi) is 8.65. The van der Waals surface area contributed by atoms with Crippen molar-refractivity contribution >= 4 is 34.8 Å². The second-order valence-electron chi connectivity index (χ2n) is 7.86. The van der Waals surface area contributed by atoms with Crippen LogP contribution < -0.4 is 10.9 Å². The molecule has 188 valence electrons. The monoisotopic (exact) mass is 493 g/mol. The summed E-state index contributed by atoms with van der Waals surface area (Å²) in [5.41, 5.74) is 2.73. The van der Waals surface area contributed by atoms with Gasteiger partial charge in [0.05, 0.1) is 13.2 Å². The number of hydrogen-bond acceptors (Lipinski definition) is 8. The van der Waals surface area contributed by atoms with Gasteiger partial charge in [-0.2, -0.15) is 5.26 Å². The maximum Gasteiger partial charge on any atom is 0.411 e. The van der Waals surface area contributed by atoms with Gasteiger partial charge < -0.3 is 23.2 Å². The number of esters is 1. The molecule has 0 spiro atoms. The third-order valence-corrected chi connectivity index (χ3v) is 5.48. The smallest absolute Gasteiger partial charge is 0.411 e. The molecular formula is C26H27N3O7. The zero-order chi connectivity index (χ0) is 26.2. The average Bonchev–Trinajstić information content (AvgIpc) is 3.11. The Hall–Kier alpha value is -4.36. The lowest BCUT2D eigenvalue weighted by Gasteiger charge is -2.09. The second kappa shape index (κ2) is 11.9. The van der Waals surface area contributed by atoms with E-state index in [1.807, 2.05) is 30.6 Å². The molecule has 10 heteroatoms. The van der Waals surface area contributed by atoms with E-state index >= 15 is 0 Å². The summed E-state index contributed by atoms with van der Waals surface area (Å²) in [6.07, 6.45) is 0.846. The van der Waals surface area contributed by atoms with Gasteiger partial charge in [0.1, 0.15) is 23.8 Å². The fourth-order valence-corrected chi connectivity index (χ4v) is 3.73. The fourth-order valence-electron chi connectivity index (χ4n) is 3.73. The van der Waals surface area contributed by atoms with E-state index in [9.17, 15) is 19.6 Å². The van der Waals surface area contributed by atoms with E-state index in [0.717, 1.165) is 17.0 Å². The largest absolute Gasteiger partial charge is 0.457 e.